The molecular formula is C8H11F3O3. The molecule has 1 atom stereocenters. The molecule has 82 valence electrons. The summed E-state index contributed by atoms with van der Waals surface area (Å²) in [5.41, 5.74) is 0. The Morgan fingerprint density at radius 3 is 2.14 bits per heavy atom. The Kier molecular flexibility index (Phi) is 4.59. The van der Waals surface area contributed by atoms with Crippen LogP contribution in [0.4, 0.5) is 13.2 Å². The lowest BCUT2D eigenvalue weighted by atomic mass is 10.0. The Morgan fingerprint density at radius 2 is 1.86 bits per heavy atom. The molecule has 6 heteroatoms. The van der Waals surface area contributed by atoms with Crippen LogP contribution in [0, 0.1) is 5.92 Å². The number of carbonyl (C=O) groups is 2. The molecule has 0 aliphatic carbocycles. The molecule has 0 aromatic rings. The molecule has 3 nitrogen and oxygen atoms in total. The third-order valence-corrected chi connectivity index (χ3v) is 1.46. The molecule has 0 N–H and O–H groups in total. The van der Waals surface area contributed by atoms with Gasteiger partial charge in [0, 0.05) is 6.42 Å². The van der Waals surface area contributed by atoms with Gasteiger partial charge in [0.15, 0.2) is 5.92 Å². The van der Waals surface area contributed by atoms with Crippen LogP contribution in [0.1, 0.15) is 20.3 Å². The molecule has 0 aliphatic heterocycles. The largest absolute Gasteiger partial charge is 0.466 e. The summed E-state index contributed by atoms with van der Waals surface area (Å²) in [6.07, 6.45) is -5.58. The smallest absolute Gasteiger partial charge is 0.402 e. The molecule has 0 amide bonds. The van der Waals surface area contributed by atoms with E-state index in [9.17, 15) is 22.8 Å². The van der Waals surface area contributed by atoms with Crippen LogP contribution >= 0.6 is 0 Å². The molecule has 0 fully saturated rings. The molecule has 0 aromatic heterocycles. The van der Waals surface area contributed by atoms with Gasteiger partial charge in [0.2, 0.25) is 0 Å². The lowest BCUT2D eigenvalue weighted by Gasteiger charge is -2.16. The van der Waals surface area contributed by atoms with Gasteiger partial charge in [-0.1, -0.05) is 0 Å². The highest BCUT2D eigenvalue weighted by atomic mass is 19.4. The van der Waals surface area contributed by atoms with Gasteiger partial charge in [-0.25, -0.2) is 0 Å². The molecule has 1 unspecified atom stereocenters. The van der Waals surface area contributed by atoms with Gasteiger partial charge in [0.1, 0.15) is 5.78 Å². The van der Waals surface area contributed by atoms with E-state index in [-0.39, 0.29) is 6.61 Å². The third kappa shape index (κ3) is 4.25. The topological polar surface area (TPSA) is 43.4 Å². The maximum Gasteiger partial charge on any atom is 0.402 e. The lowest BCUT2D eigenvalue weighted by Crippen LogP contribution is -2.33. The van der Waals surface area contributed by atoms with E-state index < -0.39 is 30.3 Å². The van der Waals surface area contributed by atoms with Crippen LogP contribution in [-0.2, 0) is 14.3 Å². The highest BCUT2D eigenvalue weighted by Crippen LogP contribution is 2.30. The average molecular weight is 212 g/mol. The molecule has 0 aliphatic rings. The van der Waals surface area contributed by atoms with Crippen molar-refractivity contribution in [1.29, 1.82) is 0 Å². The summed E-state index contributed by atoms with van der Waals surface area (Å²) in [4.78, 5) is 21.3. The summed E-state index contributed by atoms with van der Waals surface area (Å²) in [7, 11) is 0. The molecule has 0 bridgehead atoms. The molecule has 0 aromatic carbocycles. The number of esters is 1. The number of hydrogen-bond acceptors (Lipinski definition) is 3. The van der Waals surface area contributed by atoms with Crippen molar-refractivity contribution in [2.45, 2.75) is 26.4 Å². The molecule has 0 radical (unpaired) electrons. The summed E-state index contributed by atoms with van der Waals surface area (Å²) < 4.78 is 40.8. The fourth-order valence-electron chi connectivity index (χ4n) is 0.863. The van der Waals surface area contributed by atoms with E-state index in [2.05, 4.69) is 4.74 Å². The highest BCUT2D eigenvalue weighted by Gasteiger charge is 2.46. The number of Topliss-reactive ketones (excluding diaryl/α,β-unsaturated/α-hetero) is 1. The zero-order valence-electron chi connectivity index (χ0n) is 7.85. The average Bonchev–Trinajstić information content (AvgIpc) is 1.98. The number of alkyl halides is 3. The van der Waals surface area contributed by atoms with Gasteiger partial charge >= 0.3 is 12.1 Å². The SMILES string of the molecule is CCOC(=O)C(CC(C)=O)C(F)(F)F. The first-order valence-electron chi connectivity index (χ1n) is 4.01. The molecule has 14 heavy (non-hydrogen) atoms. The standard InChI is InChI=1S/C8H11F3O3/c1-3-14-7(13)6(4-5(2)12)8(9,10)11/h6H,3-4H2,1-2H3. The van der Waals surface area contributed by atoms with E-state index in [1.54, 1.807) is 0 Å². The van der Waals surface area contributed by atoms with Gasteiger partial charge in [0.05, 0.1) is 6.61 Å². The van der Waals surface area contributed by atoms with Crippen molar-refractivity contribution in [3.63, 3.8) is 0 Å². The minimum atomic E-state index is -4.72. The predicted molar refractivity (Wildman–Crippen MR) is 41.5 cm³/mol. The fraction of sp³-hybridized carbons (Fsp3) is 0.750. The Balaban J connectivity index is 4.55. The first-order chi connectivity index (χ1) is 6.29. The van der Waals surface area contributed by atoms with E-state index >= 15 is 0 Å². The molecule has 0 saturated carbocycles. The van der Waals surface area contributed by atoms with Gasteiger partial charge in [-0.15, -0.1) is 0 Å². The molecule has 0 heterocycles. The molecule has 0 spiro atoms. The number of halogens is 3. The van der Waals surface area contributed by atoms with Crippen molar-refractivity contribution in [1.82, 2.24) is 0 Å². The first kappa shape index (κ1) is 12.9. The van der Waals surface area contributed by atoms with Gasteiger partial charge in [-0.2, -0.15) is 13.2 Å². The van der Waals surface area contributed by atoms with E-state index in [4.69, 9.17) is 0 Å². The van der Waals surface area contributed by atoms with E-state index in [0.717, 1.165) is 6.92 Å². The lowest BCUT2D eigenvalue weighted by molar-refractivity contribution is -0.199. The van der Waals surface area contributed by atoms with Gasteiger partial charge in [-0.05, 0) is 13.8 Å². The minimum Gasteiger partial charge on any atom is -0.466 e. The Labute approximate surface area is 79.2 Å². The fourth-order valence-corrected chi connectivity index (χ4v) is 0.863. The van der Waals surface area contributed by atoms with Gasteiger partial charge in [0.25, 0.3) is 0 Å². The molecule has 0 saturated heterocycles. The van der Waals surface area contributed by atoms with Gasteiger partial charge < -0.3 is 4.74 Å². The zero-order valence-corrected chi connectivity index (χ0v) is 7.85. The Bertz CT molecular complexity index is 222. The van der Waals surface area contributed by atoms with Crippen LogP contribution < -0.4 is 0 Å². The second-order valence-electron chi connectivity index (χ2n) is 2.75. The molecule has 0 rings (SSSR count). The first-order valence-corrected chi connectivity index (χ1v) is 4.01. The van der Waals surface area contributed by atoms with E-state index in [1.807, 2.05) is 0 Å². The number of ether oxygens (including phenoxy) is 1. The van der Waals surface area contributed by atoms with Crippen molar-refractivity contribution in [3.05, 3.63) is 0 Å². The van der Waals surface area contributed by atoms with Crippen LogP contribution in [0.2, 0.25) is 0 Å². The monoisotopic (exact) mass is 212 g/mol. The van der Waals surface area contributed by atoms with Crippen LogP contribution in [0.25, 0.3) is 0 Å². The van der Waals surface area contributed by atoms with Crippen molar-refractivity contribution < 1.29 is 27.5 Å². The quantitative estimate of drug-likeness (QED) is 0.666. The number of ketones is 1. The Hall–Kier alpha value is -1.07. The van der Waals surface area contributed by atoms with Crippen LogP contribution in [0.5, 0.6) is 0 Å². The zero-order chi connectivity index (χ0) is 11.4. The maximum atomic E-state index is 12.2. The predicted octanol–water partition coefficient (Wildman–Crippen LogP) is 1.71. The molecular weight excluding hydrogens is 201 g/mol. The van der Waals surface area contributed by atoms with Crippen LogP contribution in [-0.4, -0.2) is 24.5 Å². The second kappa shape index (κ2) is 4.97. The van der Waals surface area contributed by atoms with Crippen molar-refractivity contribution >= 4 is 11.8 Å². The summed E-state index contributed by atoms with van der Waals surface area (Å²) in [6, 6.07) is 0. The summed E-state index contributed by atoms with van der Waals surface area (Å²) in [5, 5.41) is 0. The van der Waals surface area contributed by atoms with Crippen LogP contribution in [0.3, 0.4) is 0 Å². The number of rotatable bonds is 4. The van der Waals surface area contributed by atoms with Crippen LogP contribution in [0.15, 0.2) is 0 Å². The summed E-state index contributed by atoms with van der Waals surface area (Å²) in [6.45, 7) is 2.26. The minimum absolute atomic E-state index is 0.136. The maximum absolute atomic E-state index is 12.2. The normalized spacial score (nSPS) is 13.5. The van der Waals surface area contributed by atoms with E-state index in [0.29, 0.717) is 0 Å². The van der Waals surface area contributed by atoms with Crippen molar-refractivity contribution in [2.75, 3.05) is 6.61 Å². The summed E-state index contributed by atoms with van der Waals surface area (Å²) in [5.74, 6) is -4.42. The van der Waals surface area contributed by atoms with Crippen molar-refractivity contribution in [3.8, 4) is 0 Å². The van der Waals surface area contributed by atoms with Crippen molar-refractivity contribution in [2.24, 2.45) is 5.92 Å². The van der Waals surface area contributed by atoms with E-state index in [1.165, 1.54) is 6.92 Å². The summed E-state index contributed by atoms with van der Waals surface area (Å²) >= 11 is 0. The Morgan fingerprint density at radius 1 is 1.36 bits per heavy atom. The second-order valence-corrected chi connectivity index (χ2v) is 2.75. The number of carbonyl (C=O) groups excluding carboxylic acids is 2. The van der Waals surface area contributed by atoms with Gasteiger partial charge in [-0.3, -0.25) is 9.59 Å². The number of hydrogen-bond donors (Lipinski definition) is 0. The highest BCUT2D eigenvalue weighted by molar-refractivity contribution is 5.83. The third-order valence-electron chi connectivity index (χ3n) is 1.46.